The van der Waals surface area contributed by atoms with E-state index in [0.717, 1.165) is 38.5 Å². The molecule has 1 aliphatic rings. The van der Waals surface area contributed by atoms with Gasteiger partial charge in [0.15, 0.2) is 0 Å². The van der Waals surface area contributed by atoms with Crippen molar-refractivity contribution >= 4 is 11.9 Å². The number of aliphatic carboxylic acids is 1. The van der Waals surface area contributed by atoms with Crippen molar-refractivity contribution in [3.63, 3.8) is 0 Å². The molecule has 1 saturated carbocycles. The molecule has 26 heavy (non-hydrogen) atoms. The lowest BCUT2D eigenvalue weighted by Gasteiger charge is -2.29. The molecule has 0 heterocycles. The number of carboxylic acid groups (broad SMARTS) is 1. The Morgan fingerprint density at radius 2 is 1.54 bits per heavy atom. The summed E-state index contributed by atoms with van der Waals surface area (Å²) in [6, 6.07) is 0. The highest BCUT2D eigenvalue weighted by molar-refractivity contribution is 5.81. The normalized spacial score (nSPS) is 21.5. The van der Waals surface area contributed by atoms with Crippen LogP contribution in [0.4, 0.5) is 0 Å². The molecule has 1 rings (SSSR count). The van der Waals surface area contributed by atoms with Gasteiger partial charge < -0.3 is 9.84 Å². The van der Waals surface area contributed by atoms with E-state index in [2.05, 4.69) is 20.8 Å². The van der Waals surface area contributed by atoms with Crippen LogP contribution in [0.15, 0.2) is 0 Å². The molecular weight excluding hydrogens is 328 g/mol. The summed E-state index contributed by atoms with van der Waals surface area (Å²) < 4.78 is 5.85. The molecule has 0 aromatic carbocycles. The topological polar surface area (TPSA) is 63.6 Å². The first-order valence-corrected chi connectivity index (χ1v) is 10.9. The Hall–Kier alpha value is -1.06. The molecule has 152 valence electrons. The third kappa shape index (κ3) is 9.05. The van der Waals surface area contributed by atoms with Gasteiger partial charge in [-0.3, -0.25) is 9.59 Å². The van der Waals surface area contributed by atoms with E-state index in [-0.39, 0.29) is 12.1 Å². The fourth-order valence-electron chi connectivity index (χ4n) is 3.89. The number of rotatable bonds is 13. The first-order valence-electron chi connectivity index (χ1n) is 10.9. The molecule has 1 fully saturated rings. The number of carbonyl (C=O) groups excluding carboxylic acids is 1. The summed E-state index contributed by atoms with van der Waals surface area (Å²) in [5.74, 6) is -1.54. The Balaban J connectivity index is 2.50. The van der Waals surface area contributed by atoms with E-state index in [9.17, 15) is 14.7 Å². The maximum Gasteiger partial charge on any atom is 0.310 e. The van der Waals surface area contributed by atoms with E-state index in [0.29, 0.717) is 18.8 Å². The van der Waals surface area contributed by atoms with Gasteiger partial charge in [-0.15, -0.1) is 0 Å². The first-order chi connectivity index (χ1) is 12.5. The molecule has 0 aliphatic heterocycles. The minimum atomic E-state index is -0.846. The molecule has 0 amide bonds. The third-order valence-corrected chi connectivity index (χ3v) is 5.61. The number of esters is 1. The van der Waals surface area contributed by atoms with Crippen molar-refractivity contribution in [3.05, 3.63) is 0 Å². The quantitative estimate of drug-likeness (QED) is 0.321. The molecule has 0 radical (unpaired) electrons. The van der Waals surface area contributed by atoms with Gasteiger partial charge in [-0.1, -0.05) is 65.7 Å². The molecule has 0 spiro atoms. The van der Waals surface area contributed by atoms with E-state index in [1.54, 1.807) is 0 Å². The summed E-state index contributed by atoms with van der Waals surface area (Å²) in [4.78, 5) is 24.1. The monoisotopic (exact) mass is 368 g/mol. The standard InChI is InChI=1S/C22H40O4/c1-4-5-6-7-8-9-12-18(16-15-17(2)3)26-22(25)20-14-11-10-13-19(20)21(23)24/h17-20H,4-16H2,1-3H3,(H,23,24). The minimum Gasteiger partial charge on any atom is -0.481 e. The highest BCUT2D eigenvalue weighted by Gasteiger charge is 2.37. The van der Waals surface area contributed by atoms with E-state index in [1.807, 2.05) is 0 Å². The zero-order valence-corrected chi connectivity index (χ0v) is 17.2. The molecule has 0 aromatic heterocycles. The van der Waals surface area contributed by atoms with Crippen LogP contribution in [0.3, 0.4) is 0 Å². The molecule has 1 aliphatic carbocycles. The summed E-state index contributed by atoms with van der Waals surface area (Å²) in [5.41, 5.74) is 0. The number of unbranched alkanes of at least 4 members (excludes halogenated alkanes) is 5. The summed E-state index contributed by atoms with van der Waals surface area (Å²) in [5, 5.41) is 9.40. The lowest BCUT2D eigenvalue weighted by molar-refractivity contribution is -0.164. The van der Waals surface area contributed by atoms with Crippen LogP contribution >= 0.6 is 0 Å². The summed E-state index contributed by atoms with van der Waals surface area (Å²) in [6.07, 6.45) is 13.2. The second kappa shape index (κ2) is 13.2. The van der Waals surface area contributed by atoms with Gasteiger partial charge in [-0.25, -0.2) is 0 Å². The van der Waals surface area contributed by atoms with Gasteiger partial charge in [0, 0.05) is 0 Å². The predicted octanol–water partition coefficient (Wildman–Crippen LogP) is 5.98. The highest BCUT2D eigenvalue weighted by Crippen LogP contribution is 2.32. The van der Waals surface area contributed by atoms with Crippen LogP contribution in [0.25, 0.3) is 0 Å². The molecule has 0 aromatic rings. The number of ether oxygens (including phenoxy) is 1. The van der Waals surface area contributed by atoms with Crippen molar-refractivity contribution in [2.45, 2.75) is 110 Å². The highest BCUT2D eigenvalue weighted by atomic mass is 16.5. The van der Waals surface area contributed by atoms with Crippen molar-refractivity contribution in [3.8, 4) is 0 Å². The molecular formula is C22H40O4. The van der Waals surface area contributed by atoms with Gasteiger partial charge >= 0.3 is 11.9 Å². The van der Waals surface area contributed by atoms with Gasteiger partial charge in [0.2, 0.25) is 0 Å². The zero-order valence-electron chi connectivity index (χ0n) is 17.2. The average Bonchev–Trinajstić information content (AvgIpc) is 2.62. The number of carbonyl (C=O) groups is 2. The van der Waals surface area contributed by atoms with Crippen LogP contribution in [-0.4, -0.2) is 23.1 Å². The molecule has 3 unspecified atom stereocenters. The van der Waals surface area contributed by atoms with Crippen molar-refractivity contribution in [2.75, 3.05) is 0 Å². The van der Waals surface area contributed by atoms with Crippen LogP contribution in [0.5, 0.6) is 0 Å². The zero-order chi connectivity index (χ0) is 19.4. The number of hydrogen-bond donors (Lipinski definition) is 1. The fraction of sp³-hybridized carbons (Fsp3) is 0.909. The molecule has 4 nitrogen and oxygen atoms in total. The first kappa shape index (κ1) is 23.0. The maximum atomic E-state index is 12.7. The van der Waals surface area contributed by atoms with Crippen LogP contribution in [0.1, 0.15) is 104 Å². The number of carboxylic acids is 1. The Kier molecular flexibility index (Phi) is 11.6. The number of hydrogen-bond acceptors (Lipinski definition) is 3. The molecule has 0 saturated heterocycles. The van der Waals surface area contributed by atoms with Crippen LogP contribution in [-0.2, 0) is 14.3 Å². The Morgan fingerprint density at radius 1 is 0.923 bits per heavy atom. The van der Waals surface area contributed by atoms with Crippen LogP contribution < -0.4 is 0 Å². The lowest BCUT2D eigenvalue weighted by Crippen LogP contribution is -2.35. The van der Waals surface area contributed by atoms with E-state index >= 15 is 0 Å². The van der Waals surface area contributed by atoms with E-state index < -0.39 is 17.8 Å². The predicted molar refractivity (Wildman–Crippen MR) is 105 cm³/mol. The van der Waals surface area contributed by atoms with Crippen molar-refractivity contribution in [1.82, 2.24) is 0 Å². The van der Waals surface area contributed by atoms with E-state index in [4.69, 9.17) is 4.74 Å². The van der Waals surface area contributed by atoms with Gasteiger partial charge in [-0.05, 0) is 44.4 Å². The lowest BCUT2D eigenvalue weighted by atomic mass is 9.79. The molecule has 4 heteroatoms. The minimum absolute atomic E-state index is 0.0487. The SMILES string of the molecule is CCCCCCCCC(CCC(C)C)OC(=O)C1CCCCC1C(=O)O. The molecule has 0 bridgehead atoms. The molecule has 1 N–H and O–H groups in total. The Morgan fingerprint density at radius 3 is 2.15 bits per heavy atom. The summed E-state index contributed by atoms with van der Waals surface area (Å²) in [7, 11) is 0. The van der Waals surface area contributed by atoms with Gasteiger partial charge in [0.1, 0.15) is 6.10 Å². The Bertz CT molecular complexity index is 405. The average molecular weight is 369 g/mol. The maximum absolute atomic E-state index is 12.7. The van der Waals surface area contributed by atoms with Crippen molar-refractivity contribution < 1.29 is 19.4 Å². The van der Waals surface area contributed by atoms with Gasteiger partial charge in [0.05, 0.1) is 11.8 Å². The Labute approximate surface area is 160 Å². The molecule has 3 atom stereocenters. The summed E-state index contributed by atoms with van der Waals surface area (Å²) >= 11 is 0. The van der Waals surface area contributed by atoms with Crippen LogP contribution in [0, 0.1) is 17.8 Å². The third-order valence-electron chi connectivity index (χ3n) is 5.61. The summed E-state index contributed by atoms with van der Waals surface area (Å²) in [6.45, 7) is 6.59. The largest absolute Gasteiger partial charge is 0.481 e. The van der Waals surface area contributed by atoms with Crippen LogP contribution in [0.2, 0.25) is 0 Å². The smallest absolute Gasteiger partial charge is 0.310 e. The fourth-order valence-corrected chi connectivity index (χ4v) is 3.89. The van der Waals surface area contributed by atoms with Crippen molar-refractivity contribution in [1.29, 1.82) is 0 Å². The van der Waals surface area contributed by atoms with Crippen molar-refractivity contribution in [2.24, 2.45) is 17.8 Å². The van der Waals surface area contributed by atoms with E-state index in [1.165, 1.54) is 32.1 Å². The second-order valence-corrected chi connectivity index (χ2v) is 8.42. The van der Waals surface area contributed by atoms with Gasteiger partial charge in [0.25, 0.3) is 0 Å². The van der Waals surface area contributed by atoms with Gasteiger partial charge in [-0.2, -0.15) is 0 Å². The second-order valence-electron chi connectivity index (χ2n) is 8.42.